The van der Waals surface area contributed by atoms with Crippen molar-refractivity contribution in [1.82, 2.24) is 9.78 Å². The third-order valence-electron chi connectivity index (χ3n) is 4.62. The van der Waals surface area contributed by atoms with Crippen molar-refractivity contribution < 1.29 is 14.3 Å². The van der Waals surface area contributed by atoms with Crippen molar-refractivity contribution in [2.24, 2.45) is 0 Å². The van der Waals surface area contributed by atoms with Crippen molar-refractivity contribution in [1.29, 1.82) is 0 Å². The number of nitrogens with one attached hydrogen (secondary N) is 1. The molecule has 0 bridgehead atoms. The second-order valence-corrected chi connectivity index (χ2v) is 7.14. The number of carbonyl (C=O) groups is 2. The monoisotopic (exact) mass is 411 g/mol. The Hall–Kier alpha value is -3.12. The van der Waals surface area contributed by atoms with Crippen molar-refractivity contribution in [2.45, 2.75) is 27.3 Å². The van der Waals surface area contributed by atoms with Crippen LogP contribution in [0.1, 0.15) is 32.9 Å². The first-order chi connectivity index (χ1) is 13.9. The van der Waals surface area contributed by atoms with E-state index in [0.717, 1.165) is 11.1 Å². The maximum atomic E-state index is 12.6. The van der Waals surface area contributed by atoms with Crippen LogP contribution in [0, 0.1) is 20.8 Å². The minimum Gasteiger partial charge on any atom is -0.452 e. The molecular formula is C22H22ClN3O3. The average Bonchev–Trinajstić information content (AvgIpc) is 2.97. The van der Waals surface area contributed by atoms with Crippen LogP contribution < -0.4 is 5.32 Å². The first-order valence-electron chi connectivity index (χ1n) is 9.17. The number of halogens is 1. The van der Waals surface area contributed by atoms with E-state index >= 15 is 0 Å². The van der Waals surface area contributed by atoms with Crippen LogP contribution in [0.5, 0.6) is 0 Å². The second-order valence-electron chi connectivity index (χ2n) is 6.73. The molecule has 1 N–H and O–H groups in total. The van der Waals surface area contributed by atoms with Crippen molar-refractivity contribution in [3.63, 3.8) is 0 Å². The maximum absolute atomic E-state index is 12.6. The third kappa shape index (κ3) is 4.84. The zero-order valence-corrected chi connectivity index (χ0v) is 17.3. The van der Waals surface area contributed by atoms with E-state index in [2.05, 4.69) is 10.4 Å². The number of hydrogen-bond acceptors (Lipinski definition) is 4. The lowest BCUT2D eigenvalue weighted by molar-refractivity contribution is -0.119. The third-order valence-corrected chi connectivity index (χ3v) is 4.99. The van der Waals surface area contributed by atoms with Gasteiger partial charge in [-0.3, -0.25) is 9.48 Å². The first kappa shape index (κ1) is 20.6. The minimum absolute atomic E-state index is 0.362. The van der Waals surface area contributed by atoms with Crippen molar-refractivity contribution >= 4 is 29.2 Å². The summed E-state index contributed by atoms with van der Waals surface area (Å²) in [5.41, 5.74) is 4.08. The molecule has 3 aromatic rings. The fourth-order valence-electron chi connectivity index (χ4n) is 3.04. The van der Waals surface area contributed by atoms with Gasteiger partial charge in [0.2, 0.25) is 0 Å². The summed E-state index contributed by atoms with van der Waals surface area (Å²) in [6.45, 7) is 5.48. The van der Waals surface area contributed by atoms with Gasteiger partial charge < -0.3 is 10.1 Å². The number of para-hydroxylation sites is 1. The summed E-state index contributed by atoms with van der Waals surface area (Å²) in [6.07, 6.45) is 0. The SMILES string of the molecule is Cc1ccccc1NC(=O)COC(=O)c1c(C)nn(Cc2ccccc2Cl)c1C. The van der Waals surface area contributed by atoms with Gasteiger partial charge >= 0.3 is 5.97 Å². The van der Waals surface area contributed by atoms with Gasteiger partial charge in [-0.1, -0.05) is 48.0 Å². The van der Waals surface area contributed by atoms with Crippen LogP contribution in [-0.4, -0.2) is 28.3 Å². The predicted octanol–water partition coefficient (Wildman–Crippen LogP) is 4.31. The molecule has 1 amide bonds. The number of esters is 1. The van der Waals surface area contributed by atoms with Crippen LogP contribution >= 0.6 is 11.6 Å². The van der Waals surface area contributed by atoms with Gasteiger partial charge in [0.25, 0.3) is 5.91 Å². The topological polar surface area (TPSA) is 73.2 Å². The summed E-state index contributed by atoms with van der Waals surface area (Å²) >= 11 is 6.22. The van der Waals surface area contributed by atoms with Crippen LogP contribution in [0.25, 0.3) is 0 Å². The number of amides is 1. The zero-order chi connectivity index (χ0) is 21.0. The molecule has 0 aliphatic heterocycles. The van der Waals surface area contributed by atoms with E-state index in [1.165, 1.54) is 0 Å². The van der Waals surface area contributed by atoms with E-state index in [1.54, 1.807) is 24.6 Å². The van der Waals surface area contributed by atoms with Crippen molar-refractivity contribution in [3.8, 4) is 0 Å². The van der Waals surface area contributed by atoms with Crippen LogP contribution in [0.4, 0.5) is 5.69 Å². The summed E-state index contributed by atoms with van der Waals surface area (Å²) in [7, 11) is 0. The average molecular weight is 412 g/mol. The van der Waals surface area contributed by atoms with E-state index in [0.29, 0.717) is 34.2 Å². The highest BCUT2D eigenvalue weighted by Gasteiger charge is 2.21. The van der Waals surface area contributed by atoms with Gasteiger partial charge in [-0.25, -0.2) is 4.79 Å². The van der Waals surface area contributed by atoms with E-state index in [9.17, 15) is 9.59 Å². The number of rotatable bonds is 6. The molecule has 7 heteroatoms. The molecule has 1 aromatic heterocycles. The molecular weight excluding hydrogens is 390 g/mol. The highest BCUT2D eigenvalue weighted by molar-refractivity contribution is 6.31. The van der Waals surface area contributed by atoms with Crippen LogP contribution in [0.15, 0.2) is 48.5 Å². The van der Waals surface area contributed by atoms with E-state index in [1.807, 2.05) is 49.4 Å². The Morgan fingerprint density at radius 3 is 2.48 bits per heavy atom. The fraction of sp³-hybridized carbons (Fsp3) is 0.227. The van der Waals surface area contributed by atoms with E-state index in [4.69, 9.17) is 16.3 Å². The quantitative estimate of drug-likeness (QED) is 0.613. The Balaban J connectivity index is 1.66. The molecule has 0 spiro atoms. The number of hydrogen-bond donors (Lipinski definition) is 1. The highest BCUT2D eigenvalue weighted by Crippen LogP contribution is 2.20. The summed E-state index contributed by atoms with van der Waals surface area (Å²) in [4.78, 5) is 24.7. The van der Waals surface area contributed by atoms with Gasteiger partial charge in [0.05, 0.1) is 17.9 Å². The van der Waals surface area contributed by atoms with Gasteiger partial charge in [-0.2, -0.15) is 5.10 Å². The Kier molecular flexibility index (Phi) is 6.34. The van der Waals surface area contributed by atoms with Crippen molar-refractivity contribution in [2.75, 3.05) is 11.9 Å². The number of carbonyl (C=O) groups excluding carboxylic acids is 2. The maximum Gasteiger partial charge on any atom is 0.342 e. The molecule has 2 aromatic carbocycles. The Labute approximate surface area is 174 Å². The Bertz CT molecular complexity index is 1060. The summed E-state index contributed by atoms with van der Waals surface area (Å²) in [5.74, 6) is -0.975. The second kappa shape index (κ2) is 8.92. The summed E-state index contributed by atoms with van der Waals surface area (Å²) < 4.78 is 6.93. The van der Waals surface area contributed by atoms with E-state index in [-0.39, 0.29) is 6.61 Å². The van der Waals surface area contributed by atoms with Gasteiger partial charge in [0.15, 0.2) is 6.61 Å². The van der Waals surface area contributed by atoms with Gasteiger partial charge in [-0.15, -0.1) is 0 Å². The Morgan fingerprint density at radius 1 is 1.07 bits per heavy atom. The zero-order valence-electron chi connectivity index (χ0n) is 16.5. The summed E-state index contributed by atoms with van der Waals surface area (Å²) in [6, 6.07) is 14.9. The number of benzene rings is 2. The molecule has 1 heterocycles. The molecule has 0 unspecified atom stereocenters. The molecule has 0 saturated heterocycles. The molecule has 0 fully saturated rings. The first-order valence-corrected chi connectivity index (χ1v) is 9.54. The van der Waals surface area contributed by atoms with Crippen LogP contribution in [0.2, 0.25) is 5.02 Å². The van der Waals surface area contributed by atoms with E-state index < -0.39 is 11.9 Å². The molecule has 150 valence electrons. The summed E-state index contributed by atoms with van der Waals surface area (Å²) in [5, 5.41) is 7.81. The number of aryl methyl sites for hydroxylation is 2. The fourth-order valence-corrected chi connectivity index (χ4v) is 3.23. The van der Waals surface area contributed by atoms with Gasteiger partial charge in [-0.05, 0) is 44.0 Å². The number of anilines is 1. The number of aromatic nitrogens is 2. The molecule has 0 saturated carbocycles. The van der Waals surface area contributed by atoms with Crippen LogP contribution in [-0.2, 0) is 16.1 Å². The molecule has 0 atom stereocenters. The number of ether oxygens (including phenoxy) is 1. The molecule has 0 aliphatic carbocycles. The van der Waals surface area contributed by atoms with Crippen molar-refractivity contribution in [3.05, 3.63) is 81.6 Å². The number of nitrogens with zero attached hydrogens (tertiary/aromatic N) is 2. The normalized spacial score (nSPS) is 10.6. The van der Waals surface area contributed by atoms with Crippen LogP contribution in [0.3, 0.4) is 0 Å². The molecule has 29 heavy (non-hydrogen) atoms. The molecule has 3 rings (SSSR count). The highest BCUT2D eigenvalue weighted by atomic mass is 35.5. The van der Waals surface area contributed by atoms with Gasteiger partial charge in [0.1, 0.15) is 5.56 Å². The van der Waals surface area contributed by atoms with Gasteiger partial charge in [0, 0.05) is 10.7 Å². The molecule has 0 radical (unpaired) electrons. The lowest BCUT2D eigenvalue weighted by Gasteiger charge is -2.09. The molecule has 0 aliphatic rings. The standard InChI is InChI=1S/C22H22ClN3O3/c1-14-8-4-7-11-19(14)24-20(27)13-29-22(28)21-15(2)25-26(16(21)3)12-17-9-5-6-10-18(17)23/h4-11H,12-13H2,1-3H3,(H,24,27). The largest absolute Gasteiger partial charge is 0.452 e. The Morgan fingerprint density at radius 2 is 1.76 bits per heavy atom. The lowest BCUT2D eigenvalue weighted by atomic mass is 10.2. The smallest absolute Gasteiger partial charge is 0.342 e. The lowest BCUT2D eigenvalue weighted by Crippen LogP contribution is -2.21. The minimum atomic E-state index is -0.578. The molecule has 6 nitrogen and oxygen atoms in total. The predicted molar refractivity (Wildman–Crippen MR) is 112 cm³/mol.